The molecule has 0 aliphatic carbocycles. The van der Waals surface area contributed by atoms with Crippen molar-refractivity contribution in [1.29, 1.82) is 0 Å². The van der Waals surface area contributed by atoms with Crippen LogP contribution >= 0.6 is 33.2 Å². The minimum atomic E-state index is -1.72. The number of hydrogen-bond acceptors (Lipinski definition) is 1. The van der Waals surface area contributed by atoms with Crippen LogP contribution < -0.4 is 0 Å². The Bertz CT molecular complexity index is 31.7. The molecule has 0 unspecified atom stereocenters. The van der Waals surface area contributed by atoms with Gasteiger partial charge in [-0.1, -0.05) is 0 Å². The van der Waals surface area contributed by atoms with E-state index in [0.29, 0.717) is 0 Å². The molecule has 0 saturated carbocycles. The van der Waals surface area contributed by atoms with Crippen molar-refractivity contribution >= 4 is 50.4 Å². The normalized spacial score (nSPS) is 8.62. The van der Waals surface area contributed by atoms with Crippen molar-refractivity contribution in [2.75, 3.05) is 6.61 Å². The third kappa shape index (κ3) is 55.6. The van der Waals surface area contributed by atoms with Crippen LogP contribution in [0.1, 0.15) is 6.92 Å². The molecule has 6 heteroatoms. The van der Waals surface area contributed by atoms with Gasteiger partial charge in [-0.05, 0) is 6.92 Å². The lowest BCUT2D eigenvalue weighted by atomic mass is 10.9. The standard InChI is InChI=1S/C2H8OSi.Cl3HSi/c1-2-3-4;1-4(2)3/h2H2,1,4H3;4H. The molecule has 0 rings (SSSR count). The second-order valence-electron chi connectivity index (χ2n) is 0.825. The van der Waals surface area contributed by atoms with Crippen LogP contribution in [0.4, 0.5) is 0 Å². The van der Waals surface area contributed by atoms with E-state index < -0.39 is 6.73 Å². The summed E-state index contributed by atoms with van der Waals surface area (Å²) in [7, 11) is 0.890. The van der Waals surface area contributed by atoms with Crippen molar-refractivity contribution in [3.8, 4) is 0 Å². The molecule has 0 aliphatic rings. The van der Waals surface area contributed by atoms with Gasteiger partial charge in [-0.25, -0.2) is 0 Å². The van der Waals surface area contributed by atoms with Crippen LogP contribution in [-0.2, 0) is 4.43 Å². The first-order chi connectivity index (χ1) is 3.65. The average Bonchev–Trinajstić information content (AvgIpc) is 1.65. The zero-order valence-electron chi connectivity index (χ0n) is 4.83. The van der Waals surface area contributed by atoms with Crippen molar-refractivity contribution in [3.05, 3.63) is 0 Å². The molecule has 0 radical (unpaired) electrons. The smallest absolute Gasteiger partial charge is 0.326 e. The van der Waals surface area contributed by atoms with Crippen molar-refractivity contribution in [3.63, 3.8) is 0 Å². The lowest BCUT2D eigenvalue weighted by Crippen LogP contribution is -1.76. The largest absolute Gasteiger partial charge is 0.428 e. The molecule has 0 aromatic rings. The van der Waals surface area contributed by atoms with E-state index in [1.807, 2.05) is 6.92 Å². The van der Waals surface area contributed by atoms with Crippen LogP contribution in [0, 0.1) is 0 Å². The van der Waals surface area contributed by atoms with Gasteiger partial charge in [0.25, 0.3) is 0 Å². The van der Waals surface area contributed by atoms with Crippen molar-refractivity contribution in [1.82, 2.24) is 0 Å². The Balaban J connectivity index is 0. The predicted molar refractivity (Wildman–Crippen MR) is 46.3 cm³/mol. The van der Waals surface area contributed by atoms with Gasteiger partial charge in [-0.2, -0.15) is 0 Å². The average molecular weight is 212 g/mol. The zero-order chi connectivity index (χ0) is 6.99. The Morgan fingerprint density at radius 1 is 1.50 bits per heavy atom. The maximum absolute atomic E-state index is 4.94. The molecular weight excluding hydrogens is 203 g/mol. The molecule has 0 fully saturated rings. The maximum Gasteiger partial charge on any atom is 0.326 e. The lowest BCUT2D eigenvalue weighted by molar-refractivity contribution is 0.375. The van der Waals surface area contributed by atoms with E-state index in [9.17, 15) is 0 Å². The van der Waals surface area contributed by atoms with Gasteiger partial charge < -0.3 is 4.43 Å². The fourth-order valence-electron chi connectivity index (χ4n) is 0. The fraction of sp³-hybridized carbons (Fsp3) is 1.00. The summed E-state index contributed by atoms with van der Waals surface area (Å²) in [6.07, 6.45) is 0. The highest BCUT2D eigenvalue weighted by atomic mass is 35.8. The minimum Gasteiger partial charge on any atom is -0.428 e. The van der Waals surface area contributed by atoms with E-state index in [4.69, 9.17) is 33.2 Å². The number of rotatable bonds is 1. The van der Waals surface area contributed by atoms with E-state index in [-0.39, 0.29) is 0 Å². The highest BCUT2D eigenvalue weighted by molar-refractivity contribution is 7.54. The third-order valence-electron chi connectivity index (χ3n) is 0.289. The van der Waals surface area contributed by atoms with E-state index in [2.05, 4.69) is 4.43 Å². The zero-order valence-corrected chi connectivity index (χ0v) is 10.2. The highest BCUT2D eigenvalue weighted by Crippen LogP contribution is 1.97. The van der Waals surface area contributed by atoms with Crippen molar-refractivity contribution in [2.24, 2.45) is 0 Å². The van der Waals surface area contributed by atoms with E-state index in [0.717, 1.165) is 17.1 Å². The maximum atomic E-state index is 4.94. The summed E-state index contributed by atoms with van der Waals surface area (Å²) >= 11 is 14.8. The second kappa shape index (κ2) is 11.1. The molecule has 0 N–H and O–H groups in total. The number of halogens is 3. The molecule has 0 aromatic heterocycles. The minimum absolute atomic E-state index is 0.881. The van der Waals surface area contributed by atoms with Gasteiger partial charge in [0.1, 0.15) is 10.5 Å². The van der Waals surface area contributed by atoms with E-state index >= 15 is 0 Å². The molecule has 0 aliphatic heterocycles. The molecule has 1 nitrogen and oxygen atoms in total. The van der Waals surface area contributed by atoms with Crippen LogP contribution in [0.2, 0.25) is 0 Å². The van der Waals surface area contributed by atoms with Gasteiger partial charge in [-0.3, -0.25) is 0 Å². The molecule has 52 valence electrons. The second-order valence-corrected chi connectivity index (χ2v) is 7.84. The van der Waals surface area contributed by atoms with Gasteiger partial charge in [-0.15, -0.1) is 33.2 Å². The van der Waals surface area contributed by atoms with Crippen molar-refractivity contribution < 1.29 is 4.43 Å². The quantitative estimate of drug-likeness (QED) is 0.459. The fourth-order valence-corrected chi connectivity index (χ4v) is 0. The van der Waals surface area contributed by atoms with Gasteiger partial charge in [0.15, 0.2) is 0 Å². The van der Waals surface area contributed by atoms with Crippen LogP contribution in [0.15, 0.2) is 0 Å². The topological polar surface area (TPSA) is 9.23 Å². The van der Waals surface area contributed by atoms with Crippen molar-refractivity contribution in [2.45, 2.75) is 6.92 Å². The van der Waals surface area contributed by atoms with Crippen LogP contribution in [0.5, 0.6) is 0 Å². The van der Waals surface area contributed by atoms with Crippen LogP contribution in [0.3, 0.4) is 0 Å². The molecule has 0 atom stereocenters. The van der Waals surface area contributed by atoms with Crippen LogP contribution in [0.25, 0.3) is 0 Å². The summed E-state index contributed by atoms with van der Waals surface area (Å²) in [5.74, 6) is 0. The first kappa shape index (κ1) is 12.0. The van der Waals surface area contributed by atoms with Gasteiger partial charge in [0.2, 0.25) is 0 Å². The molecule has 0 bridgehead atoms. The van der Waals surface area contributed by atoms with Crippen LogP contribution in [-0.4, -0.2) is 23.8 Å². The van der Waals surface area contributed by atoms with E-state index in [1.165, 1.54) is 0 Å². The molecule has 0 spiro atoms. The van der Waals surface area contributed by atoms with E-state index in [1.54, 1.807) is 0 Å². The predicted octanol–water partition coefficient (Wildman–Crippen LogP) is 0.723. The van der Waals surface area contributed by atoms with Gasteiger partial charge in [0.05, 0.1) is 0 Å². The Morgan fingerprint density at radius 3 is 1.62 bits per heavy atom. The van der Waals surface area contributed by atoms with Gasteiger partial charge in [0, 0.05) is 6.61 Å². The summed E-state index contributed by atoms with van der Waals surface area (Å²) in [4.78, 5) is 0. The lowest BCUT2D eigenvalue weighted by Gasteiger charge is -1.77. The first-order valence-electron chi connectivity index (χ1n) is 2.06. The van der Waals surface area contributed by atoms with Gasteiger partial charge >= 0.3 is 6.73 Å². The molecule has 0 amide bonds. The summed E-state index contributed by atoms with van der Waals surface area (Å²) in [6.45, 7) is 1.15. The Hall–Kier alpha value is 1.26. The monoisotopic (exact) mass is 210 g/mol. The summed E-state index contributed by atoms with van der Waals surface area (Å²) in [5, 5.41) is 0. The first-order valence-corrected chi connectivity index (χ1v) is 8.11. The third-order valence-corrected chi connectivity index (χ3v) is 0.866. The number of hydrogen-bond donors (Lipinski definition) is 0. The summed E-state index contributed by atoms with van der Waals surface area (Å²) < 4.78 is 4.68. The Labute approximate surface area is 68.5 Å². The molecule has 0 aromatic carbocycles. The highest BCUT2D eigenvalue weighted by Gasteiger charge is 1.85. The molecule has 0 heterocycles. The summed E-state index contributed by atoms with van der Waals surface area (Å²) in [6, 6.07) is 0. The Morgan fingerprint density at radius 2 is 1.62 bits per heavy atom. The Kier molecular flexibility index (Phi) is 16.7. The molecular formula is C2H9Cl3OSi2. The molecule has 0 saturated heterocycles. The molecule has 8 heavy (non-hydrogen) atoms. The summed E-state index contributed by atoms with van der Waals surface area (Å²) in [5.41, 5.74) is 0. The SMILES string of the molecule is CCO[SiH3].Cl[SiH](Cl)Cl.